The second kappa shape index (κ2) is 6.88. The van der Waals surface area contributed by atoms with E-state index in [0.29, 0.717) is 11.4 Å². The van der Waals surface area contributed by atoms with E-state index in [1.54, 1.807) is 12.1 Å². The van der Waals surface area contributed by atoms with Crippen molar-refractivity contribution in [2.75, 3.05) is 0 Å². The molecule has 2 unspecified atom stereocenters. The van der Waals surface area contributed by atoms with E-state index in [0.717, 1.165) is 17.8 Å². The number of benzene rings is 2. The minimum absolute atomic E-state index is 0.0925. The van der Waals surface area contributed by atoms with Gasteiger partial charge in [-0.2, -0.15) is 18.3 Å². The minimum atomic E-state index is -4.47. The van der Waals surface area contributed by atoms with Crippen LogP contribution in [-0.2, 0) is 11.0 Å². The van der Waals surface area contributed by atoms with E-state index >= 15 is 0 Å². The number of carbonyl (C=O) groups excluding carboxylic acids is 1. The van der Waals surface area contributed by atoms with Crippen LogP contribution in [0.3, 0.4) is 0 Å². The first-order valence-electron chi connectivity index (χ1n) is 7.61. The van der Waals surface area contributed by atoms with Gasteiger partial charge in [-0.15, -0.1) is 0 Å². The molecule has 1 fully saturated rings. The molecule has 3 rings (SSSR count). The standard InChI is InChI=1S/C18H14ClF3N2O/c19-13-7-5-11(6-8-13)14-9-15(14)17(25)24-23-10-12-3-1-2-4-16(12)18(20,21)22/h1-8,10,14-15H,9H2,(H,24,25)/b23-10+. The Balaban J connectivity index is 1.61. The fourth-order valence-corrected chi connectivity index (χ4v) is 2.81. The average molecular weight is 367 g/mol. The molecule has 2 atom stereocenters. The number of amides is 1. The molecule has 2 aromatic rings. The smallest absolute Gasteiger partial charge is 0.273 e. The molecule has 1 N–H and O–H groups in total. The summed E-state index contributed by atoms with van der Waals surface area (Å²) in [7, 11) is 0. The molecule has 1 saturated carbocycles. The Hall–Kier alpha value is -2.34. The highest BCUT2D eigenvalue weighted by Crippen LogP contribution is 2.47. The Labute approximate surface area is 147 Å². The van der Waals surface area contributed by atoms with Crippen LogP contribution in [0.4, 0.5) is 13.2 Å². The molecule has 0 radical (unpaired) electrons. The van der Waals surface area contributed by atoms with Gasteiger partial charge in [-0.1, -0.05) is 41.9 Å². The summed E-state index contributed by atoms with van der Waals surface area (Å²) in [6, 6.07) is 12.3. The highest BCUT2D eigenvalue weighted by atomic mass is 35.5. The number of hydrogen-bond donors (Lipinski definition) is 1. The summed E-state index contributed by atoms with van der Waals surface area (Å²) < 4.78 is 38.6. The molecule has 1 amide bonds. The van der Waals surface area contributed by atoms with Crippen LogP contribution in [0.2, 0.25) is 5.02 Å². The zero-order valence-electron chi connectivity index (χ0n) is 12.9. The Morgan fingerprint density at radius 2 is 1.84 bits per heavy atom. The fraction of sp³-hybridized carbons (Fsp3) is 0.222. The number of alkyl halides is 3. The molecule has 0 aliphatic heterocycles. The summed E-state index contributed by atoms with van der Waals surface area (Å²) in [4.78, 5) is 12.1. The van der Waals surface area contributed by atoms with Crippen LogP contribution in [0.15, 0.2) is 53.6 Å². The van der Waals surface area contributed by atoms with Crippen molar-refractivity contribution in [3.05, 3.63) is 70.2 Å². The predicted octanol–water partition coefficient (Wildman–Crippen LogP) is 4.61. The second-order valence-electron chi connectivity index (χ2n) is 5.82. The van der Waals surface area contributed by atoms with E-state index in [2.05, 4.69) is 10.5 Å². The van der Waals surface area contributed by atoms with Gasteiger partial charge in [0.25, 0.3) is 0 Å². The van der Waals surface area contributed by atoms with Crippen LogP contribution in [-0.4, -0.2) is 12.1 Å². The molecule has 7 heteroatoms. The molecular weight excluding hydrogens is 353 g/mol. The van der Waals surface area contributed by atoms with Gasteiger partial charge in [0, 0.05) is 16.5 Å². The topological polar surface area (TPSA) is 41.5 Å². The van der Waals surface area contributed by atoms with Gasteiger partial charge in [0.05, 0.1) is 11.8 Å². The molecule has 130 valence electrons. The minimum Gasteiger partial charge on any atom is -0.273 e. The first-order chi connectivity index (χ1) is 11.9. The van der Waals surface area contributed by atoms with E-state index in [-0.39, 0.29) is 23.3 Å². The summed E-state index contributed by atoms with van der Waals surface area (Å²) in [5.41, 5.74) is 2.44. The lowest BCUT2D eigenvalue weighted by Gasteiger charge is -2.09. The molecular formula is C18H14ClF3N2O. The first-order valence-corrected chi connectivity index (χ1v) is 7.98. The molecule has 0 bridgehead atoms. The van der Waals surface area contributed by atoms with Crippen LogP contribution < -0.4 is 5.43 Å². The van der Waals surface area contributed by atoms with Gasteiger partial charge in [-0.3, -0.25) is 4.79 Å². The van der Waals surface area contributed by atoms with Gasteiger partial charge in [0.1, 0.15) is 0 Å². The van der Waals surface area contributed by atoms with Gasteiger partial charge in [-0.05, 0) is 36.1 Å². The molecule has 2 aromatic carbocycles. The molecule has 0 aromatic heterocycles. The molecule has 0 saturated heterocycles. The third-order valence-corrected chi connectivity index (χ3v) is 4.32. The van der Waals surface area contributed by atoms with Crippen molar-refractivity contribution in [3.63, 3.8) is 0 Å². The number of nitrogens with zero attached hydrogens (tertiary/aromatic N) is 1. The number of rotatable bonds is 4. The molecule has 0 heterocycles. The van der Waals surface area contributed by atoms with Crippen molar-refractivity contribution >= 4 is 23.7 Å². The van der Waals surface area contributed by atoms with Gasteiger partial charge in [-0.25, -0.2) is 5.43 Å². The highest BCUT2D eigenvalue weighted by molar-refractivity contribution is 6.30. The Kier molecular flexibility index (Phi) is 4.81. The zero-order chi connectivity index (χ0) is 18.0. The first kappa shape index (κ1) is 17.5. The predicted molar refractivity (Wildman–Crippen MR) is 89.5 cm³/mol. The Bertz CT molecular complexity index is 803. The van der Waals surface area contributed by atoms with E-state index in [9.17, 15) is 18.0 Å². The molecule has 0 spiro atoms. The lowest BCUT2D eigenvalue weighted by Crippen LogP contribution is -2.20. The van der Waals surface area contributed by atoms with Crippen LogP contribution in [0.5, 0.6) is 0 Å². The Morgan fingerprint density at radius 3 is 2.52 bits per heavy atom. The van der Waals surface area contributed by atoms with Crippen molar-refractivity contribution < 1.29 is 18.0 Å². The van der Waals surface area contributed by atoms with Crippen LogP contribution >= 0.6 is 11.6 Å². The van der Waals surface area contributed by atoms with Gasteiger partial charge in [0.2, 0.25) is 5.91 Å². The monoisotopic (exact) mass is 366 g/mol. The molecule has 1 aliphatic carbocycles. The fourth-order valence-electron chi connectivity index (χ4n) is 2.68. The third-order valence-electron chi connectivity index (χ3n) is 4.07. The van der Waals surface area contributed by atoms with Crippen molar-refractivity contribution in [2.45, 2.75) is 18.5 Å². The van der Waals surface area contributed by atoms with E-state index < -0.39 is 11.7 Å². The average Bonchev–Trinajstić information content (AvgIpc) is 3.36. The maximum absolute atomic E-state index is 12.9. The summed E-state index contributed by atoms with van der Waals surface area (Å²) >= 11 is 5.83. The summed E-state index contributed by atoms with van der Waals surface area (Å²) in [5, 5.41) is 4.30. The number of hydrogen-bond acceptors (Lipinski definition) is 2. The SMILES string of the molecule is O=C(N/N=C/c1ccccc1C(F)(F)F)C1CC1c1ccc(Cl)cc1. The van der Waals surface area contributed by atoms with Crippen molar-refractivity contribution in [3.8, 4) is 0 Å². The number of carbonyl (C=O) groups is 1. The van der Waals surface area contributed by atoms with Gasteiger partial charge >= 0.3 is 6.18 Å². The van der Waals surface area contributed by atoms with E-state index in [1.807, 2.05) is 12.1 Å². The van der Waals surface area contributed by atoms with Crippen molar-refractivity contribution in [1.82, 2.24) is 5.43 Å². The second-order valence-corrected chi connectivity index (χ2v) is 6.26. The number of nitrogens with one attached hydrogen (secondary N) is 1. The molecule has 25 heavy (non-hydrogen) atoms. The lowest BCUT2D eigenvalue weighted by atomic mass is 10.1. The zero-order valence-corrected chi connectivity index (χ0v) is 13.7. The highest BCUT2D eigenvalue weighted by Gasteiger charge is 2.43. The van der Waals surface area contributed by atoms with Crippen molar-refractivity contribution in [1.29, 1.82) is 0 Å². The Morgan fingerprint density at radius 1 is 1.16 bits per heavy atom. The third kappa shape index (κ3) is 4.20. The maximum atomic E-state index is 12.9. The summed E-state index contributed by atoms with van der Waals surface area (Å²) in [5.74, 6) is -0.438. The van der Waals surface area contributed by atoms with Gasteiger partial charge in [0.15, 0.2) is 0 Å². The molecule has 3 nitrogen and oxygen atoms in total. The van der Waals surface area contributed by atoms with Crippen LogP contribution in [0, 0.1) is 5.92 Å². The van der Waals surface area contributed by atoms with Crippen LogP contribution in [0.25, 0.3) is 0 Å². The largest absolute Gasteiger partial charge is 0.417 e. The van der Waals surface area contributed by atoms with Gasteiger partial charge < -0.3 is 0 Å². The summed E-state index contributed by atoms with van der Waals surface area (Å²) in [6.07, 6.45) is -2.77. The summed E-state index contributed by atoms with van der Waals surface area (Å²) in [6.45, 7) is 0. The normalized spacial score (nSPS) is 19.8. The number of halogens is 4. The van der Waals surface area contributed by atoms with E-state index in [4.69, 9.17) is 11.6 Å². The van der Waals surface area contributed by atoms with Crippen molar-refractivity contribution in [2.24, 2.45) is 11.0 Å². The van der Waals surface area contributed by atoms with E-state index in [1.165, 1.54) is 18.2 Å². The quantitative estimate of drug-likeness (QED) is 0.623. The van der Waals surface area contributed by atoms with Crippen LogP contribution in [0.1, 0.15) is 29.0 Å². The lowest BCUT2D eigenvalue weighted by molar-refractivity contribution is -0.137. The number of hydrazone groups is 1. The maximum Gasteiger partial charge on any atom is 0.417 e. The molecule has 1 aliphatic rings.